The first-order valence-electron chi connectivity index (χ1n) is 4.09. The summed E-state index contributed by atoms with van der Waals surface area (Å²) in [4.78, 5) is 0. The van der Waals surface area contributed by atoms with Crippen molar-refractivity contribution in [3.8, 4) is 0 Å². The summed E-state index contributed by atoms with van der Waals surface area (Å²) >= 11 is 3.88. The van der Waals surface area contributed by atoms with E-state index in [0.717, 1.165) is 12.2 Å². The SMILES string of the molecule is C=CCC(C)(SC)SC/C=C/C. The van der Waals surface area contributed by atoms with Crippen LogP contribution in [0.5, 0.6) is 0 Å². The predicted octanol–water partition coefficient (Wildman–Crippen LogP) is 3.95. The molecular formula is C10H18S2. The van der Waals surface area contributed by atoms with E-state index < -0.39 is 0 Å². The van der Waals surface area contributed by atoms with Gasteiger partial charge in [-0.1, -0.05) is 18.2 Å². The molecule has 0 amide bonds. The molecule has 0 aliphatic rings. The van der Waals surface area contributed by atoms with Gasteiger partial charge in [0, 0.05) is 5.75 Å². The highest BCUT2D eigenvalue weighted by molar-refractivity contribution is 8.17. The molecule has 0 nitrogen and oxygen atoms in total. The third-order valence-corrected chi connectivity index (χ3v) is 4.69. The topological polar surface area (TPSA) is 0 Å². The lowest BCUT2D eigenvalue weighted by Crippen LogP contribution is -2.13. The summed E-state index contributed by atoms with van der Waals surface area (Å²) in [6.07, 6.45) is 9.52. The highest BCUT2D eigenvalue weighted by Gasteiger charge is 2.20. The van der Waals surface area contributed by atoms with Gasteiger partial charge in [-0.2, -0.15) is 0 Å². The van der Waals surface area contributed by atoms with Crippen molar-refractivity contribution in [3.05, 3.63) is 24.8 Å². The molecule has 1 unspecified atom stereocenters. The first-order valence-corrected chi connectivity index (χ1v) is 6.30. The molecule has 0 rings (SSSR count). The summed E-state index contributed by atoms with van der Waals surface area (Å²) in [6, 6.07) is 0. The normalized spacial score (nSPS) is 16.2. The molecule has 70 valence electrons. The molecule has 0 N–H and O–H groups in total. The zero-order valence-electron chi connectivity index (χ0n) is 8.17. The smallest absolute Gasteiger partial charge is 0.0617 e. The van der Waals surface area contributed by atoms with Crippen LogP contribution < -0.4 is 0 Å². The number of hydrogen-bond donors (Lipinski definition) is 0. The fourth-order valence-electron chi connectivity index (χ4n) is 0.784. The third kappa shape index (κ3) is 4.94. The van der Waals surface area contributed by atoms with Gasteiger partial charge >= 0.3 is 0 Å². The molecule has 1 atom stereocenters. The van der Waals surface area contributed by atoms with Crippen molar-refractivity contribution in [3.63, 3.8) is 0 Å². The second-order valence-corrected chi connectivity index (χ2v) is 5.80. The maximum atomic E-state index is 3.78. The molecule has 0 saturated carbocycles. The lowest BCUT2D eigenvalue weighted by molar-refractivity contribution is 0.917. The monoisotopic (exact) mass is 202 g/mol. The molecule has 0 fully saturated rings. The zero-order valence-corrected chi connectivity index (χ0v) is 9.80. The Bertz CT molecular complexity index is 152. The standard InChI is InChI=1S/C10H18S2/c1-5-7-9-12-10(3,11-4)8-6-2/h5-7H,2,8-9H2,1,3-4H3/b7-5+. The third-order valence-electron chi connectivity index (χ3n) is 1.67. The van der Waals surface area contributed by atoms with Crippen LogP contribution in [0, 0.1) is 0 Å². The molecule has 0 aromatic carbocycles. The molecule has 0 bridgehead atoms. The van der Waals surface area contributed by atoms with Crippen molar-refractivity contribution in [1.29, 1.82) is 0 Å². The van der Waals surface area contributed by atoms with Crippen molar-refractivity contribution in [2.24, 2.45) is 0 Å². The zero-order chi connectivity index (χ0) is 9.45. The van der Waals surface area contributed by atoms with Crippen LogP contribution >= 0.6 is 23.5 Å². The van der Waals surface area contributed by atoms with Crippen LogP contribution in [0.15, 0.2) is 24.8 Å². The fraction of sp³-hybridized carbons (Fsp3) is 0.600. The molecule has 0 radical (unpaired) electrons. The van der Waals surface area contributed by atoms with E-state index in [9.17, 15) is 0 Å². The van der Waals surface area contributed by atoms with Gasteiger partial charge in [-0.3, -0.25) is 0 Å². The van der Waals surface area contributed by atoms with E-state index in [-0.39, 0.29) is 0 Å². The van der Waals surface area contributed by atoms with Crippen LogP contribution in [0.3, 0.4) is 0 Å². The summed E-state index contributed by atoms with van der Waals surface area (Å²) in [5.41, 5.74) is 0. The minimum Gasteiger partial charge on any atom is -0.148 e. The molecule has 0 aromatic heterocycles. The lowest BCUT2D eigenvalue weighted by atomic mass is 10.3. The summed E-state index contributed by atoms with van der Waals surface area (Å²) in [7, 11) is 0. The minimum absolute atomic E-state index is 0.307. The van der Waals surface area contributed by atoms with Gasteiger partial charge in [0.2, 0.25) is 0 Å². The van der Waals surface area contributed by atoms with Crippen molar-refractivity contribution in [2.75, 3.05) is 12.0 Å². The van der Waals surface area contributed by atoms with E-state index in [0.29, 0.717) is 4.08 Å². The predicted molar refractivity (Wildman–Crippen MR) is 64.0 cm³/mol. The molecular weight excluding hydrogens is 184 g/mol. The van der Waals surface area contributed by atoms with Gasteiger partial charge in [-0.15, -0.1) is 30.1 Å². The molecule has 0 spiro atoms. The maximum absolute atomic E-state index is 3.78. The highest BCUT2D eigenvalue weighted by atomic mass is 32.2. The minimum atomic E-state index is 0.307. The largest absolute Gasteiger partial charge is 0.148 e. The first-order chi connectivity index (χ1) is 5.68. The summed E-state index contributed by atoms with van der Waals surface area (Å²) in [6.45, 7) is 8.11. The van der Waals surface area contributed by atoms with E-state index in [1.165, 1.54) is 0 Å². The quantitative estimate of drug-likeness (QED) is 0.472. The van der Waals surface area contributed by atoms with Gasteiger partial charge < -0.3 is 0 Å². The average molecular weight is 202 g/mol. The van der Waals surface area contributed by atoms with Crippen LogP contribution in [0.1, 0.15) is 20.3 Å². The number of rotatable bonds is 6. The Morgan fingerprint density at radius 1 is 1.50 bits per heavy atom. The Morgan fingerprint density at radius 3 is 2.58 bits per heavy atom. The number of thioether (sulfide) groups is 2. The Hall–Kier alpha value is 0.180. The van der Waals surface area contributed by atoms with Gasteiger partial charge in [0.1, 0.15) is 0 Å². The highest BCUT2D eigenvalue weighted by Crippen LogP contribution is 2.38. The Morgan fingerprint density at radius 2 is 2.17 bits per heavy atom. The molecule has 0 saturated heterocycles. The van der Waals surface area contributed by atoms with E-state index in [2.05, 4.69) is 38.8 Å². The summed E-state index contributed by atoms with van der Waals surface area (Å²) in [5, 5.41) is 0. The van der Waals surface area contributed by atoms with Crippen LogP contribution in [-0.2, 0) is 0 Å². The molecule has 0 aromatic rings. The second kappa shape index (κ2) is 6.67. The molecule has 0 aliphatic carbocycles. The average Bonchev–Trinajstić information content (AvgIpc) is 2.06. The molecule has 12 heavy (non-hydrogen) atoms. The number of allylic oxidation sites excluding steroid dienone is 2. The van der Waals surface area contributed by atoms with Crippen molar-refractivity contribution < 1.29 is 0 Å². The van der Waals surface area contributed by atoms with Crippen molar-refractivity contribution in [2.45, 2.75) is 24.3 Å². The van der Waals surface area contributed by atoms with E-state index in [1.54, 1.807) is 0 Å². The van der Waals surface area contributed by atoms with Crippen LogP contribution in [0.2, 0.25) is 0 Å². The molecule has 2 heteroatoms. The Kier molecular flexibility index (Phi) is 6.77. The van der Waals surface area contributed by atoms with Crippen LogP contribution in [0.25, 0.3) is 0 Å². The van der Waals surface area contributed by atoms with Gasteiger partial charge in [0.05, 0.1) is 4.08 Å². The molecule has 0 heterocycles. The van der Waals surface area contributed by atoms with E-state index >= 15 is 0 Å². The Labute approximate surface area is 84.9 Å². The summed E-state index contributed by atoms with van der Waals surface area (Å²) in [5.74, 6) is 1.10. The molecule has 0 aliphatic heterocycles. The van der Waals surface area contributed by atoms with Gasteiger partial charge in [-0.05, 0) is 26.5 Å². The fourth-order valence-corrected chi connectivity index (χ4v) is 2.62. The summed E-state index contributed by atoms with van der Waals surface area (Å²) < 4.78 is 0.307. The van der Waals surface area contributed by atoms with Gasteiger partial charge in [-0.25, -0.2) is 0 Å². The van der Waals surface area contributed by atoms with Crippen LogP contribution in [0.4, 0.5) is 0 Å². The van der Waals surface area contributed by atoms with Crippen molar-refractivity contribution >= 4 is 23.5 Å². The van der Waals surface area contributed by atoms with E-state index in [4.69, 9.17) is 0 Å². The first kappa shape index (κ1) is 12.2. The lowest BCUT2D eigenvalue weighted by Gasteiger charge is -2.24. The maximum Gasteiger partial charge on any atom is 0.0617 e. The van der Waals surface area contributed by atoms with Crippen LogP contribution in [-0.4, -0.2) is 16.1 Å². The van der Waals surface area contributed by atoms with Gasteiger partial charge in [0.15, 0.2) is 0 Å². The van der Waals surface area contributed by atoms with Gasteiger partial charge in [0.25, 0.3) is 0 Å². The number of hydrogen-bond acceptors (Lipinski definition) is 2. The Balaban J connectivity index is 3.86. The van der Waals surface area contributed by atoms with E-state index in [1.807, 2.05) is 29.6 Å². The van der Waals surface area contributed by atoms with Crippen molar-refractivity contribution in [1.82, 2.24) is 0 Å². The second-order valence-electron chi connectivity index (χ2n) is 2.71.